The van der Waals surface area contributed by atoms with E-state index in [9.17, 15) is 4.57 Å². The first-order chi connectivity index (χ1) is 10.4. The third-order valence-electron chi connectivity index (χ3n) is 3.95. The van der Waals surface area contributed by atoms with Crippen LogP contribution < -0.4 is 0 Å². The summed E-state index contributed by atoms with van der Waals surface area (Å²) in [5.74, 6) is 0.776. The van der Waals surface area contributed by atoms with Gasteiger partial charge in [0.2, 0.25) is 0 Å². The third-order valence-corrected chi connectivity index (χ3v) is 6.95. The third kappa shape index (κ3) is 5.77. The average molecular weight is 343 g/mol. The Morgan fingerprint density at radius 1 is 1.35 bits per heavy atom. The summed E-state index contributed by atoms with van der Waals surface area (Å²) in [5.41, 5.74) is 0.473. The van der Waals surface area contributed by atoms with Gasteiger partial charge in [-0.3, -0.25) is 4.57 Å². The van der Waals surface area contributed by atoms with E-state index in [2.05, 4.69) is 20.8 Å². The first kappa shape index (κ1) is 20.5. The molecule has 0 bridgehead atoms. The molecule has 1 aliphatic rings. The van der Waals surface area contributed by atoms with Crippen LogP contribution in [0.2, 0.25) is 0 Å². The number of hydrogen-bond acceptors (Lipinski definition) is 3. The summed E-state index contributed by atoms with van der Waals surface area (Å²) in [7, 11) is -3.00. The lowest BCUT2D eigenvalue weighted by molar-refractivity contribution is 0.0308. The van der Waals surface area contributed by atoms with Crippen molar-refractivity contribution in [2.75, 3.05) is 19.3 Å². The highest BCUT2D eigenvalue weighted by atomic mass is 31.2. The summed E-state index contributed by atoms with van der Waals surface area (Å²) in [6, 6.07) is 0. The van der Waals surface area contributed by atoms with Crippen LogP contribution >= 0.6 is 7.52 Å². The number of allylic oxidation sites excluding steroid dienone is 3. The van der Waals surface area contributed by atoms with Crippen LogP contribution in [0.5, 0.6) is 0 Å². The normalized spacial score (nSPS) is 25.6. The van der Waals surface area contributed by atoms with E-state index in [-0.39, 0.29) is 11.1 Å². The molecule has 1 heterocycles. The second-order valence-electron chi connectivity index (χ2n) is 7.99. The van der Waals surface area contributed by atoms with E-state index < -0.39 is 7.52 Å². The molecule has 1 fully saturated rings. The fourth-order valence-corrected chi connectivity index (χ4v) is 5.98. The standard InChI is InChI=1S/C18H34NO3P/c1-9-10-13-21-16(15(2)3)14-23(20)19(17(4,5)6)12-11-18(7,8)22-23/h9-10H,11-14H2,1-8H3/b10-9+. The molecule has 1 saturated heterocycles. The van der Waals surface area contributed by atoms with E-state index in [1.54, 1.807) is 0 Å². The van der Waals surface area contributed by atoms with Gasteiger partial charge in [0.1, 0.15) is 12.4 Å². The van der Waals surface area contributed by atoms with Gasteiger partial charge in [0.15, 0.2) is 0 Å². The molecule has 1 unspecified atom stereocenters. The van der Waals surface area contributed by atoms with Crippen molar-refractivity contribution < 1.29 is 13.8 Å². The Morgan fingerprint density at radius 2 is 1.96 bits per heavy atom. The molecule has 4 nitrogen and oxygen atoms in total. The molecule has 0 N–H and O–H groups in total. The van der Waals surface area contributed by atoms with Crippen LogP contribution in [-0.2, 0) is 13.8 Å². The number of hydrogen-bond donors (Lipinski definition) is 0. The zero-order valence-electron chi connectivity index (χ0n) is 16.1. The lowest BCUT2D eigenvalue weighted by Crippen LogP contribution is -2.48. The van der Waals surface area contributed by atoms with Crippen LogP contribution in [0, 0.1) is 0 Å². The summed E-state index contributed by atoms with van der Waals surface area (Å²) in [6.07, 6.45) is 5.10. The number of rotatable bonds is 5. The summed E-state index contributed by atoms with van der Waals surface area (Å²) < 4.78 is 27.8. The zero-order valence-corrected chi connectivity index (χ0v) is 17.0. The maximum Gasteiger partial charge on any atom is 0.280 e. The molecule has 1 atom stereocenters. The van der Waals surface area contributed by atoms with E-state index in [0.29, 0.717) is 12.8 Å². The Kier molecular flexibility index (Phi) is 6.72. The van der Waals surface area contributed by atoms with Gasteiger partial charge in [-0.25, -0.2) is 4.67 Å². The molecule has 0 saturated carbocycles. The molecular weight excluding hydrogens is 309 g/mol. The second-order valence-corrected chi connectivity index (χ2v) is 10.3. The Morgan fingerprint density at radius 3 is 2.43 bits per heavy atom. The highest BCUT2D eigenvalue weighted by molar-refractivity contribution is 7.56. The maximum absolute atomic E-state index is 13.7. The minimum Gasteiger partial charge on any atom is -0.493 e. The SMILES string of the molecule is C/C=C/COC(CP1(=O)OC(C)(C)CCN1C(C)(C)C)=C(C)C. The van der Waals surface area contributed by atoms with Crippen molar-refractivity contribution >= 4 is 7.52 Å². The van der Waals surface area contributed by atoms with Crippen LogP contribution in [-0.4, -0.2) is 35.1 Å². The lowest BCUT2D eigenvalue weighted by atomic mass is 10.0. The van der Waals surface area contributed by atoms with Gasteiger partial charge in [0.05, 0.1) is 11.8 Å². The number of nitrogens with zero attached hydrogens (tertiary/aromatic N) is 1. The molecule has 0 aliphatic carbocycles. The Bertz CT molecular complexity index is 511. The zero-order chi connectivity index (χ0) is 17.9. The molecule has 1 rings (SSSR count). The van der Waals surface area contributed by atoms with Crippen LogP contribution in [0.25, 0.3) is 0 Å². The quantitative estimate of drug-likeness (QED) is 0.382. The minimum atomic E-state index is -3.00. The van der Waals surface area contributed by atoms with Gasteiger partial charge in [-0.05, 0) is 67.4 Å². The van der Waals surface area contributed by atoms with E-state index in [0.717, 1.165) is 24.3 Å². The highest BCUT2D eigenvalue weighted by Crippen LogP contribution is 2.61. The Labute approximate surface area is 142 Å². The summed E-state index contributed by atoms with van der Waals surface area (Å²) in [4.78, 5) is 0. The first-order valence-electron chi connectivity index (χ1n) is 8.39. The molecule has 0 radical (unpaired) electrons. The summed E-state index contributed by atoms with van der Waals surface area (Å²) in [5, 5.41) is 0. The first-order valence-corrected chi connectivity index (χ1v) is 10.2. The molecule has 0 amide bonds. The van der Waals surface area contributed by atoms with Gasteiger partial charge < -0.3 is 9.26 Å². The van der Waals surface area contributed by atoms with Crippen LogP contribution in [0.1, 0.15) is 61.8 Å². The van der Waals surface area contributed by atoms with Crippen molar-refractivity contribution in [1.82, 2.24) is 4.67 Å². The molecule has 0 aromatic rings. The van der Waals surface area contributed by atoms with Crippen molar-refractivity contribution in [2.24, 2.45) is 0 Å². The van der Waals surface area contributed by atoms with Gasteiger partial charge in [-0.1, -0.05) is 12.2 Å². The predicted molar refractivity (Wildman–Crippen MR) is 97.9 cm³/mol. The smallest absolute Gasteiger partial charge is 0.280 e. The summed E-state index contributed by atoms with van der Waals surface area (Å²) in [6.45, 7) is 17.5. The van der Waals surface area contributed by atoms with Crippen LogP contribution in [0.15, 0.2) is 23.5 Å². The van der Waals surface area contributed by atoms with Crippen molar-refractivity contribution in [1.29, 1.82) is 0 Å². The van der Waals surface area contributed by atoms with E-state index in [4.69, 9.17) is 9.26 Å². The molecule has 5 heteroatoms. The number of ether oxygens (including phenoxy) is 1. The molecule has 1 aliphatic heterocycles. The molecule has 0 spiro atoms. The van der Waals surface area contributed by atoms with E-state index in [1.807, 2.05) is 51.4 Å². The van der Waals surface area contributed by atoms with Crippen molar-refractivity contribution in [3.63, 3.8) is 0 Å². The van der Waals surface area contributed by atoms with Crippen molar-refractivity contribution in [2.45, 2.75) is 73.0 Å². The van der Waals surface area contributed by atoms with Gasteiger partial charge in [-0.2, -0.15) is 0 Å². The van der Waals surface area contributed by atoms with E-state index in [1.165, 1.54) is 0 Å². The Balaban J connectivity index is 3.09. The minimum absolute atomic E-state index is 0.206. The van der Waals surface area contributed by atoms with Gasteiger partial charge in [0.25, 0.3) is 7.52 Å². The van der Waals surface area contributed by atoms with Crippen LogP contribution in [0.3, 0.4) is 0 Å². The van der Waals surface area contributed by atoms with Crippen LogP contribution in [0.4, 0.5) is 0 Å². The fourth-order valence-electron chi connectivity index (χ4n) is 2.69. The van der Waals surface area contributed by atoms with E-state index >= 15 is 0 Å². The second kappa shape index (κ2) is 7.55. The molecule has 0 aromatic carbocycles. The monoisotopic (exact) mass is 343 g/mol. The largest absolute Gasteiger partial charge is 0.493 e. The van der Waals surface area contributed by atoms with Crippen molar-refractivity contribution in [3.8, 4) is 0 Å². The van der Waals surface area contributed by atoms with Gasteiger partial charge in [-0.15, -0.1) is 0 Å². The Hall–Kier alpha value is -0.570. The topological polar surface area (TPSA) is 38.8 Å². The molecular formula is C18H34NO3P. The molecule has 134 valence electrons. The fraction of sp³-hybridized carbons (Fsp3) is 0.778. The average Bonchev–Trinajstić information content (AvgIpc) is 2.34. The predicted octanol–water partition coefficient (Wildman–Crippen LogP) is 5.37. The summed E-state index contributed by atoms with van der Waals surface area (Å²) >= 11 is 0. The maximum atomic E-state index is 13.7. The molecule has 0 aromatic heterocycles. The lowest BCUT2D eigenvalue weighted by Gasteiger charge is -2.48. The molecule has 23 heavy (non-hydrogen) atoms. The highest BCUT2D eigenvalue weighted by Gasteiger charge is 2.47. The van der Waals surface area contributed by atoms with Crippen molar-refractivity contribution in [3.05, 3.63) is 23.5 Å². The van der Waals surface area contributed by atoms with Gasteiger partial charge in [0, 0.05) is 12.1 Å². The van der Waals surface area contributed by atoms with Gasteiger partial charge >= 0.3 is 0 Å².